The molecule has 1 aliphatic rings. The third kappa shape index (κ3) is 6.57. The van der Waals surface area contributed by atoms with Gasteiger partial charge in [-0.2, -0.15) is 0 Å². The number of nitrogens with one attached hydrogen (secondary N) is 3. The Balaban J connectivity index is 1.61. The Morgan fingerprint density at radius 1 is 1.11 bits per heavy atom. The molecule has 0 spiro atoms. The lowest BCUT2D eigenvalue weighted by Gasteiger charge is -2.19. The summed E-state index contributed by atoms with van der Waals surface area (Å²) in [5, 5.41) is 11.5. The van der Waals surface area contributed by atoms with E-state index in [9.17, 15) is 9.59 Å². The summed E-state index contributed by atoms with van der Waals surface area (Å²) in [7, 11) is 5.15. The molecule has 1 unspecified atom stereocenters. The van der Waals surface area contributed by atoms with Gasteiger partial charge in [0.25, 0.3) is 0 Å². The Bertz CT molecular complexity index is 1740. The van der Waals surface area contributed by atoms with Crippen LogP contribution in [0.3, 0.4) is 0 Å². The number of imide groups is 1. The number of aromatic nitrogens is 2. The van der Waals surface area contributed by atoms with Crippen molar-refractivity contribution < 1.29 is 19.1 Å². The topological polar surface area (TPSA) is 118 Å². The largest absolute Gasteiger partial charge is 0.495 e. The minimum atomic E-state index is -0.514. The maximum atomic E-state index is 11.9. The highest BCUT2D eigenvalue weighted by atomic mass is 35.5. The van der Waals surface area contributed by atoms with Crippen LogP contribution >= 0.6 is 23.2 Å². The van der Waals surface area contributed by atoms with Gasteiger partial charge in [0.1, 0.15) is 23.1 Å². The number of hydrogen-bond donors (Lipinski definition) is 3. The predicted octanol–water partition coefficient (Wildman–Crippen LogP) is 6.07. The number of carbonyl (C=O) groups excluding carboxylic acids is 2. The minimum Gasteiger partial charge on any atom is -0.495 e. The molecule has 10 nitrogen and oxygen atoms in total. The Morgan fingerprint density at radius 3 is 2.52 bits per heavy atom. The van der Waals surface area contributed by atoms with Crippen LogP contribution in [0.25, 0.3) is 28.1 Å². The fraction of sp³-hybridized carbons (Fsp3) is 0.250. The number of methoxy groups -OCH3 is 2. The van der Waals surface area contributed by atoms with E-state index in [1.54, 1.807) is 18.3 Å². The molecular weight excluding hydrogens is 603 g/mol. The number of fused-ring (bicyclic) bond motifs is 1. The van der Waals surface area contributed by atoms with Gasteiger partial charge >= 0.3 is 0 Å². The van der Waals surface area contributed by atoms with Crippen LogP contribution in [0.15, 0.2) is 48.7 Å². The van der Waals surface area contributed by atoms with Crippen LogP contribution in [0.1, 0.15) is 17.5 Å². The van der Waals surface area contributed by atoms with Gasteiger partial charge in [0.15, 0.2) is 0 Å². The monoisotopic (exact) mass is 634 g/mol. The molecule has 3 N–H and O–H groups in total. The molecule has 4 aromatic rings. The summed E-state index contributed by atoms with van der Waals surface area (Å²) in [4.78, 5) is 34.5. The molecule has 1 aliphatic heterocycles. The van der Waals surface area contributed by atoms with Crippen LogP contribution < -0.4 is 25.4 Å². The molecule has 0 bridgehead atoms. The molecule has 44 heavy (non-hydrogen) atoms. The SMILES string of the molecule is COc1cc(OC)c(Cl)c(-c2cc3cnc(Nc4c(C)cccc4C=CC(=O)NC=O)cc3c(NC3CCN(C)C3)n2)c1Cl. The standard InChI is InChI=1S/C32H32Cl2N6O4/c1-18-6-5-7-19(8-9-27(42)36-17-41)31(18)39-26-13-22-20(15-35-26)12-23(38-32(22)37-21-10-11-40(2)16-21)28-29(33)24(43-3)14-25(44-4)30(28)34/h5-9,12-15,17,21H,10-11,16H2,1-4H3,(H,35,39)(H,37,38)(H,36,41,42). The molecule has 3 heterocycles. The number of hydrogen-bond acceptors (Lipinski definition) is 9. The van der Waals surface area contributed by atoms with Crippen molar-refractivity contribution >= 4 is 69.7 Å². The molecule has 1 fully saturated rings. The lowest BCUT2D eigenvalue weighted by Crippen LogP contribution is -2.24. The number of benzene rings is 2. The van der Waals surface area contributed by atoms with Crippen molar-refractivity contribution in [1.29, 1.82) is 0 Å². The molecular formula is C32H32Cl2N6O4. The maximum absolute atomic E-state index is 11.9. The zero-order valence-electron chi connectivity index (χ0n) is 24.7. The summed E-state index contributed by atoms with van der Waals surface area (Å²) in [5.74, 6) is 1.56. The number of ether oxygens (including phenoxy) is 2. The highest BCUT2D eigenvalue weighted by molar-refractivity contribution is 6.41. The molecule has 5 rings (SSSR count). The highest BCUT2D eigenvalue weighted by Crippen LogP contribution is 2.46. The summed E-state index contributed by atoms with van der Waals surface area (Å²) < 4.78 is 11.0. The zero-order valence-corrected chi connectivity index (χ0v) is 26.2. The molecule has 2 aromatic heterocycles. The van der Waals surface area contributed by atoms with Crippen molar-refractivity contribution in [3.05, 3.63) is 69.8 Å². The van der Waals surface area contributed by atoms with Gasteiger partial charge in [-0.25, -0.2) is 9.97 Å². The molecule has 228 valence electrons. The van der Waals surface area contributed by atoms with Crippen LogP contribution in [0.2, 0.25) is 10.0 Å². The van der Waals surface area contributed by atoms with Crippen molar-refractivity contribution in [2.24, 2.45) is 0 Å². The molecule has 1 atom stereocenters. The number of rotatable bonds is 10. The molecule has 12 heteroatoms. The van der Waals surface area contributed by atoms with Crippen molar-refractivity contribution in [2.75, 3.05) is 45.0 Å². The third-order valence-electron chi connectivity index (χ3n) is 7.45. The lowest BCUT2D eigenvalue weighted by molar-refractivity contribution is -0.121. The number of pyridine rings is 2. The fourth-order valence-corrected chi connectivity index (χ4v) is 5.90. The maximum Gasteiger partial charge on any atom is 0.250 e. The quantitative estimate of drug-likeness (QED) is 0.141. The second kappa shape index (κ2) is 13.5. The van der Waals surface area contributed by atoms with Crippen molar-refractivity contribution in [1.82, 2.24) is 20.2 Å². The zero-order chi connectivity index (χ0) is 31.4. The number of carbonyl (C=O) groups is 2. The van der Waals surface area contributed by atoms with Gasteiger partial charge in [-0.05, 0) is 56.3 Å². The van der Waals surface area contributed by atoms with E-state index in [2.05, 4.69) is 27.9 Å². The average molecular weight is 636 g/mol. The number of amides is 2. The van der Waals surface area contributed by atoms with E-state index in [4.69, 9.17) is 42.6 Å². The van der Waals surface area contributed by atoms with Gasteiger partial charge in [0.2, 0.25) is 12.3 Å². The summed E-state index contributed by atoms with van der Waals surface area (Å²) in [6.45, 7) is 3.80. The molecule has 2 aromatic carbocycles. The number of likely N-dealkylation sites (tertiary alicyclic amines) is 1. The summed E-state index contributed by atoms with van der Waals surface area (Å²) in [6.07, 6.45) is 6.02. The van der Waals surface area contributed by atoms with Crippen LogP contribution in [-0.4, -0.2) is 67.6 Å². The van der Waals surface area contributed by atoms with Crippen molar-refractivity contribution in [3.8, 4) is 22.8 Å². The van der Waals surface area contributed by atoms with E-state index in [0.29, 0.717) is 50.8 Å². The molecule has 0 aliphatic carbocycles. The van der Waals surface area contributed by atoms with Gasteiger partial charge in [-0.15, -0.1) is 0 Å². The van der Waals surface area contributed by atoms with Crippen LogP contribution in [-0.2, 0) is 9.59 Å². The number of likely N-dealkylation sites (N-methyl/N-ethyl adjacent to an activating group) is 1. The molecule has 0 radical (unpaired) electrons. The van der Waals surface area contributed by atoms with Crippen LogP contribution in [0, 0.1) is 6.92 Å². The van der Waals surface area contributed by atoms with Gasteiger partial charge in [-0.1, -0.05) is 41.4 Å². The van der Waals surface area contributed by atoms with E-state index in [1.807, 2.05) is 37.3 Å². The average Bonchev–Trinajstić information content (AvgIpc) is 3.42. The summed E-state index contributed by atoms with van der Waals surface area (Å²) in [5.41, 5.74) is 3.51. The van der Waals surface area contributed by atoms with Gasteiger partial charge in [-0.3, -0.25) is 14.9 Å². The van der Waals surface area contributed by atoms with E-state index < -0.39 is 5.91 Å². The number of halogens is 2. The first-order valence-corrected chi connectivity index (χ1v) is 14.6. The number of nitrogens with zero attached hydrogens (tertiary/aromatic N) is 3. The lowest BCUT2D eigenvalue weighted by atomic mass is 10.1. The first kappa shape index (κ1) is 31.1. The fourth-order valence-electron chi connectivity index (χ4n) is 5.21. The minimum absolute atomic E-state index is 0.187. The van der Waals surface area contributed by atoms with Crippen LogP contribution in [0.4, 0.5) is 17.3 Å². The second-order valence-electron chi connectivity index (χ2n) is 10.4. The Kier molecular flexibility index (Phi) is 9.53. The summed E-state index contributed by atoms with van der Waals surface area (Å²) >= 11 is 13.5. The van der Waals surface area contributed by atoms with Crippen molar-refractivity contribution in [2.45, 2.75) is 19.4 Å². The predicted molar refractivity (Wildman–Crippen MR) is 175 cm³/mol. The molecule has 2 amide bonds. The van der Waals surface area contributed by atoms with Crippen LogP contribution in [0.5, 0.6) is 11.5 Å². The summed E-state index contributed by atoms with van der Waals surface area (Å²) in [6, 6.07) is 11.4. The van der Waals surface area contributed by atoms with E-state index in [0.717, 1.165) is 47.1 Å². The van der Waals surface area contributed by atoms with E-state index >= 15 is 0 Å². The molecule has 0 saturated carbocycles. The first-order valence-electron chi connectivity index (χ1n) is 13.9. The highest BCUT2D eigenvalue weighted by Gasteiger charge is 2.24. The number of aryl methyl sites for hydroxylation is 1. The Labute approximate surface area is 265 Å². The Hall–Kier alpha value is -4.38. The van der Waals surface area contributed by atoms with Gasteiger partial charge < -0.3 is 25.0 Å². The second-order valence-corrected chi connectivity index (χ2v) is 11.2. The number of anilines is 3. The van der Waals surface area contributed by atoms with E-state index in [1.165, 1.54) is 20.3 Å². The smallest absolute Gasteiger partial charge is 0.250 e. The van der Waals surface area contributed by atoms with Gasteiger partial charge in [0, 0.05) is 52.9 Å². The normalized spacial score (nSPS) is 15.0. The van der Waals surface area contributed by atoms with Gasteiger partial charge in [0.05, 0.1) is 30.0 Å². The van der Waals surface area contributed by atoms with E-state index in [-0.39, 0.29) is 6.04 Å². The Morgan fingerprint density at radius 2 is 1.86 bits per heavy atom. The van der Waals surface area contributed by atoms with Crippen molar-refractivity contribution in [3.63, 3.8) is 0 Å². The number of para-hydroxylation sites is 1. The third-order valence-corrected chi connectivity index (χ3v) is 8.20. The first-order chi connectivity index (χ1) is 21.2. The molecule has 1 saturated heterocycles.